The van der Waals surface area contributed by atoms with Crippen LogP contribution in [0.1, 0.15) is 71.5 Å². The van der Waals surface area contributed by atoms with Gasteiger partial charge in [-0.15, -0.1) is 0 Å². The molecule has 0 atom stereocenters. The smallest absolute Gasteiger partial charge is 0.306 e. The van der Waals surface area contributed by atoms with E-state index in [1.807, 2.05) is 20.8 Å². The second-order valence-corrected chi connectivity index (χ2v) is 7.44. The van der Waals surface area contributed by atoms with Crippen LogP contribution < -0.4 is 5.73 Å². The minimum absolute atomic E-state index is 0.230. The van der Waals surface area contributed by atoms with E-state index in [0.717, 1.165) is 25.7 Å². The number of rotatable bonds is 4. The van der Waals surface area contributed by atoms with Crippen LogP contribution in [0.2, 0.25) is 0 Å². The molecule has 1 aromatic rings. The van der Waals surface area contributed by atoms with E-state index in [4.69, 9.17) is 15.0 Å². The van der Waals surface area contributed by atoms with Crippen LogP contribution in [0, 0.1) is 5.92 Å². The van der Waals surface area contributed by atoms with Gasteiger partial charge in [0.2, 0.25) is 5.89 Å². The van der Waals surface area contributed by atoms with Gasteiger partial charge >= 0.3 is 5.97 Å². The van der Waals surface area contributed by atoms with Gasteiger partial charge in [-0.3, -0.25) is 4.79 Å². The summed E-state index contributed by atoms with van der Waals surface area (Å²) in [5.41, 5.74) is 5.46. The largest absolute Gasteiger partial charge is 0.460 e. The lowest BCUT2D eigenvalue weighted by molar-refractivity contribution is -0.154. The third kappa shape index (κ3) is 4.53. The quantitative estimate of drug-likeness (QED) is 0.860. The fraction of sp³-hybridized carbons (Fsp3) is 0.812. The summed E-state index contributed by atoms with van der Waals surface area (Å²) in [6, 6.07) is 0. The number of aromatic nitrogens is 2. The molecule has 0 saturated heterocycles. The molecule has 1 fully saturated rings. The fourth-order valence-electron chi connectivity index (χ4n) is 2.66. The van der Waals surface area contributed by atoms with E-state index < -0.39 is 11.1 Å². The summed E-state index contributed by atoms with van der Waals surface area (Å²) < 4.78 is 10.5. The molecule has 0 aromatic carbocycles. The van der Waals surface area contributed by atoms with Crippen LogP contribution in [0.25, 0.3) is 0 Å². The van der Waals surface area contributed by atoms with Crippen molar-refractivity contribution in [3.8, 4) is 0 Å². The molecule has 1 aromatic heterocycles. The van der Waals surface area contributed by atoms with Crippen LogP contribution in [0.15, 0.2) is 4.52 Å². The molecule has 1 aliphatic rings. The van der Waals surface area contributed by atoms with Crippen molar-refractivity contribution in [1.29, 1.82) is 0 Å². The van der Waals surface area contributed by atoms with Crippen molar-refractivity contribution in [2.75, 3.05) is 0 Å². The first-order chi connectivity index (χ1) is 10.2. The highest BCUT2D eigenvalue weighted by Crippen LogP contribution is 2.35. The Labute approximate surface area is 131 Å². The van der Waals surface area contributed by atoms with Crippen molar-refractivity contribution < 1.29 is 14.1 Å². The van der Waals surface area contributed by atoms with Crippen LogP contribution in [-0.2, 0) is 21.5 Å². The maximum Gasteiger partial charge on any atom is 0.306 e. The number of carbonyl (C=O) groups is 1. The van der Waals surface area contributed by atoms with Gasteiger partial charge in [-0.25, -0.2) is 0 Å². The van der Waals surface area contributed by atoms with E-state index in [-0.39, 0.29) is 12.4 Å². The van der Waals surface area contributed by atoms with Crippen LogP contribution in [0.4, 0.5) is 0 Å². The summed E-state index contributed by atoms with van der Waals surface area (Å²) in [5, 5.41) is 4.03. The minimum Gasteiger partial charge on any atom is -0.460 e. The van der Waals surface area contributed by atoms with Crippen molar-refractivity contribution in [3.63, 3.8) is 0 Å². The van der Waals surface area contributed by atoms with Gasteiger partial charge in [0.1, 0.15) is 5.60 Å². The first-order valence-electron chi connectivity index (χ1n) is 8.02. The molecule has 6 heteroatoms. The minimum atomic E-state index is -0.486. The lowest BCUT2D eigenvalue weighted by atomic mass is 9.77. The summed E-state index contributed by atoms with van der Waals surface area (Å²) >= 11 is 0. The van der Waals surface area contributed by atoms with E-state index in [9.17, 15) is 4.79 Å². The summed E-state index contributed by atoms with van der Waals surface area (Å²) in [5.74, 6) is 1.46. The molecule has 0 unspecified atom stereocenters. The van der Waals surface area contributed by atoms with Gasteiger partial charge in [0.05, 0.1) is 12.0 Å². The lowest BCUT2D eigenvalue weighted by Gasteiger charge is -2.33. The summed E-state index contributed by atoms with van der Waals surface area (Å²) in [7, 11) is 0. The molecule has 0 radical (unpaired) electrons. The molecule has 0 aliphatic heterocycles. The van der Waals surface area contributed by atoms with Gasteiger partial charge < -0.3 is 15.0 Å². The predicted molar refractivity (Wildman–Crippen MR) is 82.0 cm³/mol. The molecule has 1 saturated carbocycles. The lowest BCUT2D eigenvalue weighted by Crippen LogP contribution is -2.41. The maximum absolute atomic E-state index is 11.7. The fourth-order valence-corrected chi connectivity index (χ4v) is 2.66. The van der Waals surface area contributed by atoms with E-state index in [1.54, 1.807) is 0 Å². The first kappa shape index (κ1) is 16.9. The molecule has 1 heterocycles. The Morgan fingerprint density at radius 3 is 2.64 bits per heavy atom. The number of nitrogens with two attached hydrogens (primary N) is 1. The van der Waals surface area contributed by atoms with Crippen molar-refractivity contribution in [1.82, 2.24) is 10.1 Å². The van der Waals surface area contributed by atoms with Crippen LogP contribution >= 0.6 is 0 Å². The number of hydrogen-bond acceptors (Lipinski definition) is 6. The standard InChI is InChI=1S/C16H27N3O3/c1-11-7-9-16(17,10-8-11)14-18-12(22-19-14)5-6-13(20)21-15(2,3)4/h11H,5-10,17H2,1-4H3. The van der Waals surface area contributed by atoms with Crippen molar-refractivity contribution >= 4 is 5.97 Å². The Morgan fingerprint density at radius 2 is 2.05 bits per heavy atom. The molecule has 0 amide bonds. The Kier molecular flexibility index (Phi) is 4.90. The monoisotopic (exact) mass is 309 g/mol. The molecule has 22 heavy (non-hydrogen) atoms. The Morgan fingerprint density at radius 1 is 1.41 bits per heavy atom. The number of hydrogen-bond donors (Lipinski definition) is 1. The topological polar surface area (TPSA) is 91.2 Å². The van der Waals surface area contributed by atoms with E-state index in [2.05, 4.69) is 17.1 Å². The van der Waals surface area contributed by atoms with E-state index >= 15 is 0 Å². The molecule has 2 rings (SSSR count). The average Bonchev–Trinajstić information content (AvgIpc) is 2.88. The summed E-state index contributed by atoms with van der Waals surface area (Å²) in [6.07, 6.45) is 4.52. The third-order valence-electron chi connectivity index (χ3n) is 4.04. The molecular formula is C16H27N3O3. The highest BCUT2D eigenvalue weighted by molar-refractivity contribution is 5.70. The highest BCUT2D eigenvalue weighted by atomic mass is 16.6. The zero-order chi connectivity index (χ0) is 16.4. The molecule has 6 nitrogen and oxygen atoms in total. The highest BCUT2D eigenvalue weighted by Gasteiger charge is 2.36. The molecule has 2 N–H and O–H groups in total. The van der Waals surface area contributed by atoms with E-state index in [1.165, 1.54) is 0 Å². The first-order valence-corrected chi connectivity index (χ1v) is 8.02. The summed E-state index contributed by atoms with van der Waals surface area (Å²) in [4.78, 5) is 16.1. The Hall–Kier alpha value is -1.43. The van der Waals surface area contributed by atoms with Gasteiger partial charge in [-0.05, 0) is 52.4 Å². The summed E-state index contributed by atoms with van der Waals surface area (Å²) in [6.45, 7) is 7.77. The Balaban J connectivity index is 1.90. The average molecular weight is 309 g/mol. The van der Waals surface area contributed by atoms with Gasteiger partial charge in [0.15, 0.2) is 5.82 Å². The van der Waals surface area contributed by atoms with Gasteiger partial charge in [0, 0.05) is 6.42 Å². The van der Waals surface area contributed by atoms with Crippen LogP contribution in [-0.4, -0.2) is 21.7 Å². The normalized spacial score (nSPS) is 26.0. The third-order valence-corrected chi connectivity index (χ3v) is 4.04. The number of nitrogens with zero attached hydrogens (tertiary/aromatic N) is 2. The number of carbonyl (C=O) groups excluding carboxylic acids is 1. The molecule has 0 bridgehead atoms. The zero-order valence-electron chi connectivity index (χ0n) is 14.0. The molecular weight excluding hydrogens is 282 g/mol. The number of ether oxygens (including phenoxy) is 1. The van der Waals surface area contributed by atoms with Gasteiger partial charge in [0.25, 0.3) is 0 Å². The number of aryl methyl sites for hydroxylation is 1. The predicted octanol–water partition coefficient (Wildman–Crippen LogP) is 2.71. The molecule has 0 spiro atoms. The van der Waals surface area contributed by atoms with Crippen molar-refractivity contribution in [3.05, 3.63) is 11.7 Å². The maximum atomic E-state index is 11.7. The number of esters is 1. The Bertz CT molecular complexity index is 511. The van der Waals surface area contributed by atoms with Crippen LogP contribution in [0.5, 0.6) is 0 Å². The SMILES string of the molecule is CC1CCC(N)(c2noc(CCC(=O)OC(C)(C)C)n2)CC1. The van der Waals surface area contributed by atoms with Crippen molar-refractivity contribution in [2.45, 2.75) is 77.4 Å². The zero-order valence-corrected chi connectivity index (χ0v) is 14.0. The second-order valence-electron chi connectivity index (χ2n) is 7.44. The van der Waals surface area contributed by atoms with Gasteiger partial charge in [-0.1, -0.05) is 12.1 Å². The molecule has 1 aliphatic carbocycles. The molecule has 124 valence electrons. The van der Waals surface area contributed by atoms with Crippen molar-refractivity contribution in [2.24, 2.45) is 11.7 Å². The second kappa shape index (κ2) is 6.36. The van der Waals surface area contributed by atoms with Gasteiger partial charge in [-0.2, -0.15) is 4.98 Å². The van der Waals surface area contributed by atoms with Crippen LogP contribution in [0.3, 0.4) is 0 Å². The van der Waals surface area contributed by atoms with E-state index in [0.29, 0.717) is 24.1 Å².